The van der Waals surface area contributed by atoms with Crippen LogP contribution in [0.25, 0.3) is 5.57 Å². The molecule has 3 amide bonds. The topological polar surface area (TPSA) is 111 Å². The van der Waals surface area contributed by atoms with Crippen LogP contribution >= 0.6 is 0 Å². The molecule has 1 aliphatic carbocycles. The number of nitrogens with one attached hydrogen (secondary N) is 2. The first-order valence-electron chi connectivity index (χ1n) is 12.1. The van der Waals surface area contributed by atoms with Crippen LogP contribution in [0.15, 0.2) is 52.8 Å². The van der Waals surface area contributed by atoms with Gasteiger partial charge in [-0.05, 0) is 50.5 Å². The Morgan fingerprint density at radius 1 is 1.26 bits per heavy atom. The molecule has 8 nitrogen and oxygen atoms in total. The molecule has 1 fully saturated rings. The van der Waals surface area contributed by atoms with Crippen molar-refractivity contribution < 1.29 is 27.3 Å². The van der Waals surface area contributed by atoms with Crippen molar-refractivity contribution >= 4 is 17.5 Å². The van der Waals surface area contributed by atoms with Gasteiger partial charge in [-0.15, -0.1) is 0 Å². The average molecular weight is 528 g/mol. The summed E-state index contributed by atoms with van der Waals surface area (Å²) in [6.45, 7) is 6.21. The molecule has 2 atom stereocenters. The summed E-state index contributed by atoms with van der Waals surface area (Å²) in [6.07, 6.45) is 0.567. The van der Waals surface area contributed by atoms with Crippen LogP contribution < -0.4 is 10.6 Å². The Balaban J connectivity index is 1.64. The maximum absolute atomic E-state index is 13.4. The number of nitrogens with zero attached hydrogens (tertiary/aromatic N) is 3. The molecule has 0 radical (unpaired) electrons. The van der Waals surface area contributed by atoms with Gasteiger partial charge in [0.05, 0.1) is 11.5 Å². The minimum absolute atomic E-state index is 0.0239. The molecule has 2 heterocycles. The van der Waals surface area contributed by atoms with Crippen LogP contribution in [0, 0.1) is 23.2 Å². The van der Waals surface area contributed by atoms with Crippen molar-refractivity contribution in [3.05, 3.63) is 70.6 Å². The summed E-state index contributed by atoms with van der Waals surface area (Å²) in [7, 11) is 0. The molecule has 2 aliphatic rings. The molecule has 2 aromatic rings. The van der Waals surface area contributed by atoms with Gasteiger partial charge in [-0.3, -0.25) is 4.79 Å². The van der Waals surface area contributed by atoms with Gasteiger partial charge in [0.1, 0.15) is 12.3 Å². The first-order valence-corrected chi connectivity index (χ1v) is 12.1. The van der Waals surface area contributed by atoms with Gasteiger partial charge in [0, 0.05) is 36.7 Å². The zero-order chi connectivity index (χ0) is 27.7. The zero-order valence-electron chi connectivity index (χ0n) is 21.2. The van der Waals surface area contributed by atoms with Crippen molar-refractivity contribution in [1.82, 2.24) is 20.7 Å². The molecule has 200 valence electrons. The molecule has 2 N–H and O–H groups in total. The third-order valence-electron chi connectivity index (χ3n) is 6.54. The van der Waals surface area contributed by atoms with E-state index in [-0.39, 0.29) is 30.7 Å². The van der Waals surface area contributed by atoms with E-state index in [4.69, 9.17) is 9.78 Å². The van der Waals surface area contributed by atoms with Crippen LogP contribution in [0.2, 0.25) is 0 Å². The SMILES string of the molecule is CC(C)(C)NC(=O)N1CCC2=C(c3cccc(C(F)(F)F)c3)C=CC(C(=O)NCc3conc3C#N)C2C1. The number of rotatable bonds is 4. The standard InChI is InChI=1S/C27H28F3N5O3/c1-26(2,3)33-25(37)35-10-9-20-19(16-5-4-6-18(11-16)27(28,29)30)7-8-21(22(20)14-35)24(36)32-13-17-15-38-34-23(17)12-31/h4-8,11,15,21-22H,9-10,13-14H2,1-3H3,(H,32,36)(H,33,37). The first kappa shape index (κ1) is 27.0. The smallest absolute Gasteiger partial charge is 0.363 e. The monoisotopic (exact) mass is 527 g/mol. The molecule has 1 aromatic carbocycles. The number of urea groups is 1. The second-order valence-corrected chi connectivity index (χ2v) is 10.4. The van der Waals surface area contributed by atoms with Gasteiger partial charge in [0.2, 0.25) is 5.91 Å². The van der Waals surface area contributed by atoms with E-state index in [0.717, 1.165) is 17.7 Å². The Labute approximate surface area is 218 Å². The van der Waals surface area contributed by atoms with Crippen LogP contribution in [0.5, 0.6) is 0 Å². The van der Waals surface area contributed by atoms with E-state index in [9.17, 15) is 22.8 Å². The summed E-state index contributed by atoms with van der Waals surface area (Å²) < 4.78 is 45.0. The normalized spacial score (nSPS) is 19.6. The van der Waals surface area contributed by atoms with E-state index in [0.29, 0.717) is 29.7 Å². The lowest BCUT2D eigenvalue weighted by molar-refractivity contribution is -0.137. The van der Waals surface area contributed by atoms with Gasteiger partial charge in [-0.2, -0.15) is 18.4 Å². The van der Waals surface area contributed by atoms with Crippen molar-refractivity contribution in [2.75, 3.05) is 13.1 Å². The van der Waals surface area contributed by atoms with Crippen molar-refractivity contribution in [3.63, 3.8) is 0 Å². The Hall–Kier alpha value is -4.07. The molecule has 1 aromatic heterocycles. The first-order chi connectivity index (χ1) is 17.9. The number of allylic oxidation sites excluding steroid dienone is 2. The zero-order valence-corrected chi connectivity index (χ0v) is 21.2. The summed E-state index contributed by atoms with van der Waals surface area (Å²) in [4.78, 5) is 27.9. The van der Waals surface area contributed by atoms with Crippen molar-refractivity contribution in [1.29, 1.82) is 5.26 Å². The molecule has 2 unspecified atom stereocenters. The third-order valence-corrected chi connectivity index (χ3v) is 6.54. The van der Waals surface area contributed by atoms with E-state index >= 15 is 0 Å². The lowest BCUT2D eigenvalue weighted by Crippen LogP contribution is -2.53. The molecule has 1 aliphatic heterocycles. The van der Waals surface area contributed by atoms with Crippen molar-refractivity contribution in [2.45, 2.75) is 45.5 Å². The average Bonchev–Trinajstić information content (AvgIpc) is 3.32. The number of amides is 3. The number of nitriles is 1. The summed E-state index contributed by atoms with van der Waals surface area (Å²) >= 11 is 0. The minimum Gasteiger partial charge on any atom is -0.363 e. The van der Waals surface area contributed by atoms with E-state index in [2.05, 4.69) is 15.8 Å². The largest absolute Gasteiger partial charge is 0.416 e. The van der Waals surface area contributed by atoms with E-state index in [1.54, 1.807) is 23.1 Å². The number of aromatic nitrogens is 1. The number of fused-ring (bicyclic) bond motifs is 1. The predicted octanol–water partition coefficient (Wildman–Crippen LogP) is 4.65. The van der Waals surface area contributed by atoms with Crippen molar-refractivity contribution in [2.24, 2.45) is 11.8 Å². The number of carbonyl (C=O) groups is 2. The number of carbonyl (C=O) groups excluding carboxylic acids is 2. The predicted molar refractivity (Wildman–Crippen MR) is 132 cm³/mol. The number of piperidine rings is 1. The number of benzene rings is 1. The number of hydrogen-bond donors (Lipinski definition) is 2. The Kier molecular flexibility index (Phi) is 7.35. The minimum atomic E-state index is -4.49. The second-order valence-electron chi connectivity index (χ2n) is 10.4. The lowest BCUT2D eigenvalue weighted by Gasteiger charge is -2.41. The molecule has 11 heteroatoms. The highest BCUT2D eigenvalue weighted by Gasteiger charge is 2.39. The van der Waals surface area contributed by atoms with Gasteiger partial charge < -0.3 is 20.1 Å². The van der Waals surface area contributed by atoms with Crippen LogP contribution in [-0.2, 0) is 17.5 Å². The van der Waals surface area contributed by atoms with Crippen LogP contribution in [-0.4, -0.2) is 40.6 Å². The maximum Gasteiger partial charge on any atom is 0.416 e. The summed E-state index contributed by atoms with van der Waals surface area (Å²) in [5, 5.41) is 18.4. The molecule has 1 saturated heterocycles. The highest BCUT2D eigenvalue weighted by molar-refractivity contribution is 5.87. The van der Waals surface area contributed by atoms with Gasteiger partial charge in [0.25, 0.3) is 0 Å². The fraction of sp³-hybridized carbons (Fsp3) is 0.407. The number of hydrogen-bond acceptors (Lipinski definition) is 5. The van der Waals surface area contributed by atoms with Crippen LogP contribution in [0.3, 0.4) is 0 Å². The maximum atomic E-state index is 13.4. The molecular weight excluding hydrogens is 499 g/mol. The Morgan fingerprint density at radius 2 is 2.03 bits per heavy atom. The molecule has 38 heavy (non-hydrogen) atoms. The highest BCUT2D eigenvalue weighted by Crippen LogP contribution is 2.41. The molecule has 0 spiro atoms. The second kappa shape index (κ2) is 10.4. The van der Waals surface area contributed by atoms with Gasteiger partial charge in [-0.25, -0.2) is 4.79 Å². The van der Waals surface area contributed by atoms with Crippen LogP contribution in [0.1, 0.15) is 49.6 Å². The lowest BCUT2D eigenvalue weighted by atomic mass is 9.73. The Morgan fingerprint density at radius 3 is 2.71 bits per heavy atom. The van der Waals surface area contributed by atoms with Crippen LogP contribution in [0.4, 0.5) is 18.0 Å². The molecule has 0 saturated carbocycles. The quantitative estimate of drug-likeness (QED) is 0.601. The van der Waals surface area contributed by atoms with Gasteiger partial charge in [-0.1, -0.05) is 35.0 Å². The van der Waals surface area contributed by atoms with E-state index < -0.39 is 29.1 Å². The summed E-state index contributed by atoms with van der Waals surface area (Å²) in [5.74, 6) is -1.45. The summed E-state index contributed by atoms with van der Waals surface area (Å²) in [5.41, 5.74) is 1.15. The van der Waals surface area contributed by atoms with Gasteiger partial charge >= 0.3 is 12.2 Å². The number of alkyl halides is 3. The van der Waals surface area contributed by atoms with Crippen molar-refractivity contribution in [3.8, 4) is 6.07 Å². The molecule has 4 rings (SSSR count). The highest BCUT2D eigenvalue weighted by atomic mass is 19.4. The fourth-order valence-corrected chi connectivity index (χ4v) is 4.76. The fourth-order valence-electron chi connectivity index (χ4n) is 4.76. The summed E-state index contributed by atoms with van der Waals surface area (Å²) in [6, 6.07) is 6.74. The van der Waals surface area contributed by atoms with Gasteiger partial charge in [0.15, 0.2) is 5.69 Å². The number of halogens is 3. The van der Waals surface area contributed by atoms with E-state index in [1.807, 2.05) is 26.8 Å². The Bertz CT molecular complexity index is 1330. The van der Waals surface area contributed by atoms with E-state index in [1.165, 1.54) is 12.3 Å². The molecular formula is C27H28F3N5O3. The number of likely N-dealkylation sites (tertiary alicyclic amines) is 1. The molecule has 0 bridgehead atoms. The third kappa shape index (κ3) is 5.90.